The van der Waals surface area contributed by atoms with E-state index >= 15 is 0 Å². The molecule has 2 rings (SSSR count). The molecule has 2 aromatic rings. The fourth-order valence-corrected chi connectivity index (χ4v) is 2.55. The summed E-state index contributed by atoms with van der Waals surface area (Å²) in [6, 6.07) is 21.3. The van der Waals surface area contributed by atoms with Crippen LogP contribution in [-0.4, -0.2) is 37.7 Å². The third-order valence-corrected chi connectivity index (χ3v) is 3.73. The van der Waals surface area contributed by atoms with Gasteiger partial charge in [-0.05, 0) is 18.1 Å². The summed E-state index contributed by atoms with van der Waals surface area (Å²) in [7, 11) is 0. The summed E-state index contributed by atoms with van der Waals surface area (Å²) in [6.07, 6.45) is 0. The summed E-state index contributed by atoms with van der Waals surface area (Å²) in [5.74, 6) is 0. The van der Waals surface area contributed by atoms with E-state index in [0.29, 0.717) is 0 Å². The third-order valence-electron chi connectivity index (χ3n) is 3.73. The van der Waals surface area contributed by atoms with Gasteiger partial charge in [0.15, 0.2) is 0 Å². The predicted molar refractivity (Wildman–Crippen MR) is 96.4 cm³/mol. The molecule has 3 heteroatoms. The standard InChI is InChI=1S/C20H28N2O/c1-2-23-16-14-21-13-15-22(17-19-9-5-3-6-10-19)18-20-11-7-4-8-12-20/h3-12,21H,2,13-18H2,1H3. The lowest BCUT2D eigenvalue weighted by molar-refractivity contribution is 0.148. The molecule has 0 heterocycles. The van der Waals surface area contributed by atoms with Gasteiger partial charge in [-0.2, -0.15) is 0 Å². The second kappa shape index (κ2) is 10.9. The van der Waals surface area contributed by atoms with Crippen LogP contribution in [-0.2, 0) is 17.8 Å². The summed E-state index contributed by atoms with van der Waals surface area (Å²) in [4.78, 5) is 2.48. The van der Waals surface area contributed by atoms with Crippen molar-refractivity contribution in [2.75, 3.05) is 32.8 Å². The van der Waals surface area contributed by atoms with E-state index in [-0.39, 0.29) is 0 Å². The van der Waals surface area contributed by atoms with E-state index in [4.69, 9.17) is 4.74 Å². The molecule has 0 spiro atoms. The smallest absolute Gasteiger partial charge is 0.0590 e. The number of hydrogen-bond donors (Lipinski definition) is 1. The fraction of sp³-hybridized carbons (Fsp3) is 0.400. The van der Waals surface area contributed by atoms with Crippen LogP contribution in [0.15, 0.2) is 60.7 Å². The highest BCUT2D eigenvalue weighted by atomic mass is 16.5. The highest BCUT2D eigenvalue weighted by Crippen LogP contribution is 2.09. The van der Waals surface area contributed by atoms with Gasteiger partial charge in [-0.25, -0.2) is 0 Å². The van der Waals surface area contributed by atoms with Crippen molar-refractivity contribution in [3.05, 3.63) is 71.8 Å². The van der Waals surface area contributed by atoms with E-state index in [9.17, 15) is 0 Å². The molecule has 0 fully saturated rings. The summed E-state index contributed by atoms with van der Waals surface area (Å²) in [5, 5.41) is 3.46. The maximum Gasteiger partial charge on any atom is 0.0590 e. The molecule has 0 aliphatic heterocycles. The molecule has 3 nitrogen and oxygen atoms in total. The SMILES string of the molecule is CCOCCNCCN(Cc1ccccc1)Cc1ccccc1. The van der Waals surface area contributed by atoms with Gasteiger partial charge < -0.3 is 10.1 Å². The summed E-state index contributed by atoms with van der Waals surface area (Å²) < 4.78 is 5.36. The number of nitrogens with one attached hydrogen (secondary N) is 1. The topological polar surface area (TPSA) is 24.5 Å². The van der Waals surface area contributed by atoms with Crippen LogP contribution < -0.4 is 5.32 Å². The van der Waals surface area contributed by atoms with Crippen LogP contribution >= 0.6 is 0 Å². The molecule has 23 heavy (non-hydrogen) atoms. The maximum absolute atomic E-state index is 5.36. The Morgan fingerprint density at radius 1 is 0.826 bits per heavy atom. The van der Waals surface area contributed by atoms with Gasteiger partial charge in [0, 0.05) is 39.3 Å². The highest BCUT2D eigenvalue weighted by molar-refractivity contribution is 5.17. The lowest BCUT2D eigenvalue weighted by Gasteiger charge is -2.23. The van der Waals surface area contributed by atoms with E-state index < -0.39 is 0 Å². The monoisotopic (exact) mass is 312 g/mol. The van der Waals surface area contributed by atoms with Gasteiger partial charge in [0.05, 0.1) is 6.61 Å². The van der Waals surface area contributed by atoms with Crippen molar-refractivity contribution in [3.8, 4) is 0 Å². The summed E-state index contributed by atoms with van der Waals surface area (Å²) in [5.41, 5.74) is 2.72. The summed E-state index contributed by atoms with van der Waals surface area (Å²) >= 11 is 0. The average Bonchev–Trinajstić information content (AvgIpc) is 2.60. The molecule has 0 atom stereocenters. The molecular formula is C20H28N2O. The molecule has 0 radical (unpaired) electrons. The van der Waals surface area contributed by atoms with Crippen molar-refractivity contribution in [1.82, 2.24) is 10.2 Å². The molecule has 124 valence electrons. The molecule has 0 saturated carbocycles. The van der Waals surface area contributed by atoms with Crippen molar-refractivity contribution in [2.24, 2.45) is 0 Å². The van der Waals surface area contributed by atoms with Gasteiger partial charge in [-0.3, -0.25) is 4.90 Å². The minimum atomic E-state index is 0.786. The van der Waals surface area contributed by atoms with Gasteiger partial charge >= 0.3 is 0 Å². The van der Waals surface area contributed by atoms with Crippen molar-refractivity contribution in [1.29, 1.82) is 0 Å². The summed E-state index contributed by atoms with van der Waals surface area (Å²) in [6.45, 7) is 8.47. The van der Waals surface area contributed by atoms with Crippen LogP contribution in [0.25, 0.3) is 0 Å². The lowest BCUT2D eigenvalue weighted by atomic mass is 10.1. The normalized spacial score (nSPS) is 11.0. The molecule has 0 amide bonds. The Morgan fingerprint density at radius 2 is 1.39 bits per heavy atom. The Hall–Kier alpha value is -1.68. The number of rotatable bonds is 11. The van der Waals surface area contributed by atoms with E-state index in [1.807, 2.05) is 6.92 Å². The van der Waals surface area contributed by atoms with Crippen LogP contribution in [0, 0.1) is 0 Å². The van der Waals surface area contributed by atoms with Crippen LogP contribution in [0.3, 0.4) is 0 Å². The Labute approximate surface area is 140 Å². The lowest BCUT2D eigenvalue weighted by Crippen LogP contribution is -2.33. The molecule has 0 aliphatic carbocycles. The second-order valence-corrected chi connectivity index (χ2v) is 5.63. The average molecular weight is 312 g/mol. The number of hydrogen-bond acceptors (Lipinski definition) is 3. The van der Waals surface area contributed by atoms with Crippen LogP contribution in [0.2, 0.25) is 0 Å². The molecule has 0 aliphatic rings. The van der Waals surface area contributed by atoms with Gasteiger partial charge in [-0.15, -0.1) is 0 Å². The van der Waals surface area contributed by atoms with Crippen molar-refractivity contribution >= 4 is 0 Å². The second-order valence-electron chi connectivity index (χ2n) is 5.63. The van der Waals surface area contributed by atoms with Gasteiger partial charge in [-0.1, -0.05) is 60.7 Å². The van der Waals surface area contributed by atoms with Gasteiger partial charge in [0.2, 0.25) is 0 Å². The molecule has 0 unspecified atom stereocenters. The zero-order chi connectivity index (χ0) is 16.2. The molecule has 1 N–H and O–H groups in total. The Kier molecular flexibility index (Phi) is 8.41. The van der Waals surface area contributed by atoms with Gasteiger partial charge in [0.25, 0.3) is 0 Å². The molecular weight excluding hydrogens is 284 g/mol. The Balaban J connectivity index is 1.83. The van der Waals surface area contributed by atoms with Crippen LogP contribution in [0.1, 0.15) is 18.1 Å². The Morgan fingerprint density at radius 3 is 1.91 bits per heavy atom. The first-order chi connectivity index (χ1) is 11.4. The highest BCUT2D eigenvalue weighted by Gasteiger charge is 2.06. The van der Waals surface area contributed by atoms with Crippen molar-refractivity contribution in [2.45, 2.75) is 20.0 Å². The number of benzene rings is 2. The van der Waals surface area contributed by atoms with Crippen molar-refractivity contribution < 1.29 is 4.74 Å². The molecule has 0 aromatic heterocycles. The first-order valence-corrected chi connectivity index (χ1v) is 8.47. The van der Waals surface area contributed by atoms with Crippen LogP contribution in [0.5, 0.6) is 0 Å². The first kappa shape index (κ1) is 17.7. The number of nitrogens with zero attached hydrogens (tertiary/aromatic N) is 1. The van der Waals surface area contributed by atoms with E-state index in [0.717, 1.165) is 45.9 Å². The Bertz CT molecular complexity index is 474. The third kappa shape index (κ3) is 7.42. The largest absolute Gasteiger partial charge is 0.380 e. The molecule has 2 aromatic carbocycles. The number of ether oxygens (including phenoxy) is 1. The molecule has 0 bridgehead atoms. The minimum Gasteiger partial charge on any atom is -0.380 e. The quantitative estimate of drug-likeness (QED) is 0.644. The van der Waals surface area contributed by atoms with E-state index in [2.05, 4.69) is 70.9 Å². The molecule has 0 saturated heterocycles. The van der Waals surface area contributed by atoms with Crippen molar-refractivity contribution in [3.63, 3.8) is 0 Å². The van der Waals surface area contributed by atoms with Crippen LogP contribution in [0.4, 0.5) is 0 Å². The fourth-order valence-electron chi connectivity index (χ4n) is 2.55. The van der Waals surface area contributed by atoms with E-state index in [1.165, 1.54) is 11.1 Å². The maximum atomic E-state index is 5.36. The minimum absolute atomic E-state index is 0.786. The zero-order valence-corrected chi connectivity index (χ0v) is 14.1. The zero-order valence-electron chi connectivity index (χ0n) is 14.1. The van der Waals surface area contributed by atoms with Gasteiger partial charge in [0.1, 0.15) is 0 Å². The van der Waals surface area contributed by atoms with E-state index in [1.54, 1.807) is 0 Å². The predicted octanol–water partition coefficient (Wildman–Crippen LogP) is 3.31. The first-order valence-electron chi connectivity index (χ1n) is 8.47.